The predicted molar refractivity (Wildman–Crippen MR) is 103 cm³/mol. The smallest absolute Gasteiger partial charge is 0.401 e. The summed E-state index contributed by atoms with van der Waals surface area (Å²) >= 11 is 6.36. The zero-order valence-electron chi connectivity index (χ0n) is 15.3. The molecule has 0 saturated carbocycles. The number of aliphatic hydroxyl groups is 1. The van der Waals surface area contributed by atoms with E-state index in [9.17, 15) is 13.2 Å². The molecule has 0 saturated heterocycles. The minimum absolute atomic E-state index is 0.0300. The van der Waals surface area contributed by atoms with Gasteiger partial charge < -0.3 is 14.8 Å². The number of aliphatic hydroxyl groups excluding tert-OH is 1. The SMILES string of the molecule is Cc1cnc2[nH]c3c(OCCCN(CCO)CC(F)(F)F)ccc(Cl)c3c2c1. The van der Waals surface area contributed by atoms with Crippen LogP contribution in [0.4, 0.5) is 13.2 Å². The molecule has 0 bridgehead atoms. The van der Waals surface area contributed by atoms with Gasteiger partial charge in [-0.3, -0.25) is 4.90 Å². The van der Waals surface area contributed by atoms with Crippen LogP contribution in [0.1, 0.15) is 12.0 Å². The van der Waals surface area contributed by atoms with Gasteiger partial charge in [0, 0.05) is 30.1 Å². The maximum absolute atomic E-state index is 12.6. The first-order valence-corrected chi connectivity index (χ1v) is 9.25. The summed E-state index contributed by atoms with van der Waals surface area (Å²) in [6.07, 6.45) is -2.16. The number of rotatable bonds is 8. The highest BCUT2D eigenvalue weighted by Gasteiger charge is 2.30. The number of fused-ring (bicyclic) bond motifs is 3. The van der Waals surface area contributed by atoms with Crippen molar-refractivity contribution in [1.82, 2.24) is 14.9 Å². The summed E-state index contributed by atoms with van der Waals surface area (Å²) < 4.78 is 43.5. The monoisotopic (exact) mass is 415 g/mol. The van der Waals surface area contributed by atoms with Crippen molar-refractivity contribution in [1.29, 1.82) is 0 Å². The minimum Gasteiger partial charge on any atom is -0.491 e. The third kappa shape index (κ3) is 4.87. The summed E-state index contributed by atoms with van der Waals surface area (Å²) in [6.45, 7) is 0.945. The second-order valence-electron chi connectivity index (χ2n) is 6.65. The Morgan fingerprint density at radius 1 is 1.29 bits per heavy atom. The number of aromatic nitrogens is 2. The molecule has 2 aromatic heterocycles. The van der Waals surface area contributed by atoms with Crippen LogP contribution in [0.3, 0.4) is 0 Å². The Morgan fingerprint density at radius 3 is 2.79 bits per heavy atom. The van der Waals surface area contributed by atoms with Gasteiger partial charge in [-0.15, -0.1) is 0 Å². The van der Waals surface area contributed by atoms with Crippen molar-refractivity contribution in [2.24, 2.45) is 0 Å². The van der Waals surface area contributed by atoms with Crippen LogP contribution in [-0.2, 0) is 0 Å². The van der Waals surface area contributed by atoms with E-state index in [4.69, 9.17) is 21.4 Å². The summed E-state index contributed by atoms with van der Waals surface area (Å²) in [6, 6.07) is 5.45. The Morgan fingerprint density at radius 2 is 2.07 bits per heavy atom. The molecular formula is C19H21ClF3N3O2. The van der Waals surface area contributed by atoms with E-state index in [-0.39, 0.29) is 26.3 Å². The summed E-state index contributed by atoms with van der Waals surface area (Å²) in [5.74, 6) is 0.569. The fraction of sp³-hybridized carbons (Fsp3) is 0.421. The molecule has 5 nitrogen and oxygen atoms in total. The third-order valence-corrected chi connectivity index (χ3v) is 4.66. The van der Waals surface area contributed by atoms with Crippen LogP contribution in [-0.4, -0.2) is 59.0 Å². The lowest BCUT2D eigenvalue weighted by molar-refractivity contribution is -0.147. The largest absolute Gasteiger partial charge is 0.491 e. The molecule has 0 atom stereocenters. The Kier molecular flexibility index (Phi) is 6.32. The first-order valence-electron chi connectivity index (χ1n) is 8.88. The van der Waals surface area contributed by atoms with Gasteiger partial charge in [0.05, 0.1) is 30.3 Å². The molecule has 3 aromatic rings. The van der Waals surface area contributed by atoms with Gasteiger partial charge in [0.1, 0.15) is 11.4 Å². The number of alkyl halides is 3. The van der Waals surface area contributed by atoms with E-state index in [1.165, 1.54) is 0 Å². The van der Waals surface area contributed by atoms with Crippen molar-refractivity contribution in [2.75, 3.05) is 32.8 Å². The molecule has 0 amide bonds. The molecule has 2 N–H and O–H groups in total. The molecular weight excluding hydrogens is 395 g/mol. The summed E-state index contributed by atoms with van der Waals surface area (Å²) in [7, 11) is 0. The molecule has 0 aliphatic carbocycles. The lowest BCUT2D eigenvalue weighted by atomic mass is 10.1. The number of hydrogen-bond acceptors (Lipinski definition) is 4. The molecule has 0 aliphatic rings. The highest BCUT2D eigenvalue weighted by Crippen LogP contribution is 2.36. The summed E-state index contributed by atoms with van der Waals surface area (Å²) in [5.41, 5.74) is 2.41. The van der Waals surface area contributed by atoms with Crippen molar-refractivity contribution < 1.29 is 23.0 Å². The lowest BCUT2D eigenvalue weighted by Gasteiger charge is -2.22. The fourth-order valence-electron chi connectivity index (χ4n) is 3.18. The van der Waals surface area contributed by atoms with Crippen LogP contribution < -0.4 is 4.74 Å². The van der Waals surface area contributed by atoms with Crippen molar-refractivity contribution in [3.63, 3.8) is 0 Å². The van der Waals surface area contributed by atoms with Gasteiger partial charge >= 0.3 is 6.18 Å². The molecule has 0 spiro atoms. The van der Waals surface area contributed by atoms with E-state index in [2.05, 4.69) is 9.97 Å². The molecule has 1 aromatic carbocycles. The summed E-state index contributed by atoms with van der Waals surface area (Å²) in [5, 5.41) is 11.2. The maximum atomic E-state index is 12.6. The zero-order valence-corrected chi connectivity index (χ0v) is 16.1. The van der Waals surface area contributed by atoms with Crippen molar-refractivity contribution >= 4 is 33.5 Å². The number of halogens is 4. The van der Waals surface area contributed by atoms with Gasteiger partial charge in [0.25, 0.3) is 0 Å². The maximum Gasteiger partial charge on any atom is 0.401 e. The van der Waals surface area contributed by atoms with Gasteiger partial charge in [0.15, 0.2) is 0 Å². The van der Waals surface area contributed by atoms with E-state index in [0.29, 0.717) is 28.4 Å². The Labute approximate surface area is 165 Å². The number of aromatic amines is 1. The average Bonchev–Trinajstić information content (AvgIpc) is 2.98. The lowest BCUT2D eigenvalue weighted by Crippen LogP contribution is -2.37. The van der Waals surface area contributed by atoms with Crippen LogP contribution in [0.25, 0.3) is 21.9 Å². The molecule has 9 heteroatoms. The number of benzene rings is 1. The molecule has 2 heterocycles. The highest BCUT2D eigenvalue weighted by molar-refractivity contribution is 6.38. The van der Waals surface area contributed by atoms with Gasteiger partial charge in [-0.25, -0.2) is 4.98 Å². The number of hydrogen-bond donors (Lipinski definition) is 2. The number of pyridine rings is 1. The molecule has 0 unspecified atom stereocenters. The van der Waals surface area contributed by atoms with Crippen LogP contribution in [0.15, 0.2) is 24.4 Å². The van der Waals surface area contributed by atoms with Crippen LogP contribution in [0.2, 0.25) is 5.02 Å². The minimum atomic E-state index is -4.30. The van der Waals surface area contributed by atoms with Crippen molar-refractivity contribution in [3.8, 4) is 5.75 Å². The summed E-state index contributed by atoms with van der Waals surface area (Å²) in [4.78, 5) is 8.73. The van der Waals surface area contributed by atoms with E-state index in [1.54, 1.807) is 18.3 Å². The highest BCUT2D eigenvalue weighted by atomic mass is 35.5. The second kappa shape index (κ2) is 8.55. The van der Waals surface area contributed by atoms with Gasteiger partial charge in [-0.05, 0) is 37.1 Å². The van der Waals surface area contributed by atoms with Crippen molar-refractivity contribution in [3.05, 3.63) is 35.0 Å². The predicted octanol–water partition coefficient (Wildman–Crippen LogP) is 4.30. The molecule has 28 heavy (non-hydrogen) atoms. The quantitative estimate of drug-likeness (QED) is 0.538. The van der Waals surface area contributed by atoms with Crippen LogP contribution in [0, 0.1) is 6.92 Å². The topological polar surface area (TPSA) is 61.4 Å². The Bertz CT molecular complexity index is 959. The van der Waals surface area contributed by atoms with E-state index in [1.807, 2.05) is 13.0 Å². The third-order valence-electron chi connectivity index (χ3n) is 4.35. The molecule has 152 valence electrons. The molecule has 0 fully saturated rings. The average molecular weight is 416 g/mol. The Balaban J connectivity index is 1.71. The second-order valence-corrected chi connectivity index (χ2v) is 7.05. The van der Waals surface area contributed by atoms with Crippen LogP contribution in [0.5, 0.6) is 5.75 Å². The van der Waals surface area contributed by atoms with E-state index >= 15 is 0 Å². The van der Waals surface area contributed by atoms with Gasteiger partial charge in [0.2, 0.25) is 0 Å². The van der Waals surface area contributed by atoms with E-state index in [0.717, 1.165) is 21.2 Å². The van der Waals surface area contributed by atoms with Gasteiger partial charge in [-0.1, -0.05) is 11.6 Å². The normalized spacial score (nSPS) is 12.4. The standard InChI is InChI=1S/C19H21ClF3N3O2/c1-12-9-13-16-14(20)3-4-15(17(16)25-18(13)24-10-12)28-8-2-5-26(6-7-27)11-19(21,22)23/h3-4,9-10,27H,2,5-8,11H2,1H3,(H,24,25). The molecule has 0 aliphatic heterocycles. The molecule has 0 radical (unpaired) electrons. The number of aryl methyl sites for hydroxylation is 1. The molecule has 3 rings (SSSR count). The fourth-order valence-corrected chi connectivity index (χ4v) is 3.44. The zero-order chi connectivity index (χ0) is 20.3. The van der Waals surface area contributed by atoms with E-state index < -0.39 is 12.7 Å². The van der Waals surface area contributed by atoms with Gasteiger partial charge in [-0.2, -0.15) is 13.2 Å². The Hall–Kier alpha value is -2.03. The number of H-pyrrole nitrogens is 1. The number of nitrogens with one attached hydrogen (secondary N) is 1. The number of nitrogens with zero attached hydrogens (tertiary/aromatic N) is 2. The first kappa shape index (κ1) is 20.7. The van der Waals surface area contributed by atoms with Crippen LogP contribution >= 0.6 is 11.6 Å². The number of ether oxygens (including phenoxy) is 1. The van der Waals surface area contributed by atoms with Crippen molar-refractivity contribution in [2.45, 2.75) is 19.5 Å². The first-order chi connectivity index (χ1) is 13.3.